The Bertz CT molecular complexity index is 917. The van der Waals surface area contributed by atoms with Gasteiger partial charge < -0.3 is 13.9 Å². The van der Waals surface area contributed by atoms with Crippen molar-refractivity contribution in [3.05, 3.63) is 65.3 Å². The fourth-order valence-electron chi connectivity index (χ4n) is 2.55. The van der Waals surface area contributed by atoms with Gasteiger partial charge in [-0.1, -0.05) is 6.07 Å². The van der Waals surface area contributed by atoms with E-state index >= 15 is 0 Å². The Morgan fingerprint density at radius 3 is 2.44 bits per heavy atom. The van der Waals surface area contributed by atoms with Gasteiger partial charge in [-0.2, -0.15) is 0 Å². The third-order valence-electron chi connectivity index (χ3n) is 3.74. The van der Waals surface area contributed by atoms with E-state index in [-0.39, 0.29) is 24.2 Å². The van der Waals surface area contributed by atoms with E-state index in [2.05, 4.69) is 10.2 Å². The standard InChI is InChI=1S/C20H19FN2O4/c1-12-8-13(2)10-17(9-12)25-11-18(24)26-14(3)19-22-23-20(27-19)15-4-6-16(21)7-5-15/h4-10,14H,11H2,1-3H3/t14-/m1/s1. The number of benzene rings is 2. The molecule has 0 radical (unpaired) electrons. The number of ether oxygens (including phenoxy) is 2. The van der Waals surface area contributed by atoms with Gasteiger partial charge in [0.05, 0.1) is 0 Å². The molecular formula is C20H19FN2O4. The van der Waals surface area contributed by atoms with Gasteiger partial charge in [-0.15, -0.1) is 10.2 Å². The van der Waals surface area contributed by atoms with Crippen LogP contribution in [-0.2, 0) is 9.53 Å². The van der Waals surface area contributed by atoms with Crippen LogP contribution in [0.1, 0.15) is 30.0 Å². The molecule has 3 rings (SSSR count). The summed E-state index contributed by atoms with van der Waals surface area (Å²) in [5.74, 6) is 0.0646. The molecule has 2 aromatic carbocycles. The minimum atomic E-state index is -0.734. The Kier molecular flexibility index (Phi) is 5.49. The van der Waals surface area contributed by atoms with Crippen molar-refractivity contribution in [2.24, 2.45) is 0 Å². The summed E-state index contributed by atoms with van der Waals surface area (Å²) in [5.41, 5.74) is 2.67. The molecule has 140 valence electrons. The molecule has 0 aliphatic heterocycles. The van der Waals surface area contributed by atoms with Crippen molar-refractivity contribution in [2.75, 3.05) is 6.61 Å². The molecule has 27 heavy (non-hydrogen) atoms. The molecular weight excluding hydrogens is 351 g/mol. The van der Waals surface area contributed by atoms with Gasteiger partial charge in [0.25, 0.3) is 5.89 Å². The fourth-order valence-corrected chi connectivity index (χ4v) is 2.55. The van der Waals surface area contributed by atoms with E-state index in [9.17, 15) is 9.18 Å². The number of halogens is 1. The summed E-state index contributed by atoms with van der Waals surface area (Å²) in [4.78, 5) is 12.0. The van der Waals surface area contributed by atoms with Crippen LogP contribution in [-0.4, -0.2) is 22.8 Å². The third kappa shape index (κ3) is 4.91. The largest absolute Gasteiger partial charge is 0.482 e. The van der Waals surface area contributed by atoms with Crippen LogP contribution in [0.25, 0.3) is 11.5 Å². The quantitative estimate of drug-likeness (QED) is 0.606. The highest BCUT2D eigenvalue weighted by Gasteiger charge is 2.19. The van der Waals surface area contributed by atoms with Gasteiger partial charge in [-0.3, -0.25) is 0 Å². The van der Waals surface area contributed by atoms with Crippen LogP contribution in [0.2, 0.25) is 0 Å². The molecule has 0 aliphatic rings. The van der Waals surface area contributed by atoms with Crippen molar-refractivity contribution < 1.29 is 23.1 Å². The average molecular weight is 370 g/mol. The summed E-state index contributed by atoms with van der Waals surface area (Å²) < 4.78 is 29.2. The molecule has 0 saturated heterocycles. The zero-order chi connectivity index (χ0) is 19.4. The lowest BCUT2D eigenvalue weighted by molar-refractivity contribution is -0.152. The van der Waals surface area contributed by atoms with Crippen LogP contribution in [0.5, 0.6) is 5.75 Å². The molecule has 0 spiro atoms. The SMILES string of the molecule is Cc1cc(C)cc(OCC(=O)O[C@H](C)c2nnc(-c3ccc(F)cc3)o2)c1. The van der Waals surface area contributed by atoms with Crippen LogP contribution in [0, 0.1) is 19.7 Å². The first-order chi connectivity index (χ1) is 12.9. The molecule has 0 amide bonds. The van der Waals surface area contributed by atoms with Crippen LogP contribution >= 0.6 is 0 Å². The normalized spacial score (nSPS) is 11.9. The molecule has 1 atom stereocenters. The minimum absolute atomic E-state index is 0.147. The van der Waals surface area contributed by atoms with Crippen molar-refractivity contribution in [2.45, 2.75) is 26.9 Å². The van der Waals surface area contributed by atoms with Crippen molar-refractivity contribution in [3.63, 3.8) is 0 Å². The van der Waals surface area contributed by atoms with E-state index in [0.717, 1.165) is 11.1 Å². The predicted molar refractivity (Wildman–Crippen MR) is 95.6 cm³/mol. The molecule has 0 fully saturated rings. The monoisotopic (exact) mass is 370 g/mol. The number of nitrogens with zero attached hydrogens (tertiary/aromatic N) is 2. The van der Waals surface area contributed by atoms with Gasteiger partial charge in [0.1, 0.15) is 11.6 Å². The second kappa shape index (κ2) is 7.99. The van der Waals surface area contributed by atoms with Crippen LogP contribution in [0.15, 0.2) is 46.9 Å². The van der Waals surface area contributed by atoms with Crippen molar-refractivity contribution in [3.8, 4) is 17.2 Å². The molecule has 1 aromatic heterocycles. The van der Waals surface area contributed by atoms with Gasteiger partial charge >= 0.3 is 5.97 Å². The second-order valence-electron chi connectivity index (χ2n) is 6.20. The maximum Gasteiger partial charge on any atom is 0.344 e. The molecule has 0 bridgehead atoms. The summed E-state index contributed by atoms with van der Waals surface area (Å²) in [6, 6.07) is 11.4. The lowest BCUT2D eigenvalue weighted by atomic mass is 10.1. The Balaban J connectivity index is 1.57. The topological polar surface area (TPSA) is 74.5 Å². The molecule has 0 aliphatic carbocycles. The molecule has 0 N–H and O–H groups in total. The smallest absolute Gasteiger partial charge is 0.344 e. The minimum Gasteiger partial charge on any atom is -0.482 e. The van der Waals surface area contributed by atoms with E-state index in [1.165, 1.54) is 24.3 Å². The van der Waals surface area contributed by atoms with E-state index in [1.54, 1.807) is 6.92 Å². The van der Waals surface area contributed by atoms with Crippen molar-refractivity contribution in [1.82, 2.24) is 10.2 Å². The number of aromatic nitrogens is 2. The highest BCUT2D eigenvalue weighted by molar-refractivity contribution is 5.71. The zero-order valence-electron chi connectivity index (χ0n) is 15.2. The van der Waals surface area contributed by atoms with Gasteiger partial charge in [0, 0.05) is 5.56 Å². The van der Waals surface area contributed by atoms with Crippen molar-refractivity contribution in [1.29, 1.82) is 0 Å². The highest BCUT2D eigenvalue weighted by Crippen LogP contribution is 2.23. The Morgan fingerprint density at radius 1 is 1.11 bits per heavy atom. The number of carbonyl (C=O) groups excluding carboxylic acids is 1. The lowest BCUT2D eigenvalue weighted by Crippen LogP contribution is -2.17. The fraction of sp³-hybridized carbons (Fsp3) is 0.250. The van der Waals surface area contributed by atoms with E-state index in [4.69, 9.17) is 13.9 Å². The average Bonchev–Trinajstić information content (AvgIpc) is 3.10. The first-order valence-corrected chi connectivity index (χ1v) is 8.40. The summed E-state index contributed by atoms with van der Waals surface area (Å²) >= 11 is 0. The van der Waals surface area contributed by atoms with E-state index in [1.807, 2.05) is 32.0 Å². The Labute approximate surface area is 155 Å². The summed E-state index contributed by atoms with van der Waals surface area (Å²) in [6.45, 7) is 5.30. The number of hydrogen-bond donors (Lipinski definition) is 0. The summed E-state index contributed by atoms with van der Waals surface area (Å²) in [7, 11) is 0. The van der Waals surface area contributed by atoms with Gasteiger partial charge in [-0.05, 0) is 68.3 Å². The molecule has 3 aromatic rings. The van der Waals surface area contributed by atoms with Crippen LogP contribution in [0.4, 0.5) is 4.39 Å². The number of aryl methyl sites for hydroxylation is 2. The number of rotatable bonds is 6. The highest BCUT2D eigenvalue weighted by atomic mass is 19.1. The predicted octanol–water partition coefficient (Wildman–Crippen LogP) is 4.18. The van der Waals surface area contributed by atoms with Crippen LogP contribution < -0.4 is 4.74 Å². The number of esters is 1. The third-order valence-corrected chi connectivity index (χ3v) is 3.74. The summed E-state index contributed by atoms with van der Waals surface area (Å²) in [6.07, 6.45) is -0.734. The van der Waals surface area contributed by atoms with Crippen molar-refractivity contribution >= 4 is 5.97 Å². The molecule has 6 nitrogen and oxygen atoms in total. The number of hydrogen-bond acceptors (Lipinski definition) is 6. The van der Waals surface area contributed by atoms with Gasteiger partial charge in [-0.25, -0.2) is 9.18 Å². The first kappa shape index (κ1) is 18.6. The lowest BCUT2D eigenvalue weighted by Gasteiger charge is -2.11. The Hall–Kier alpha value is -3.22. The van der Waals surface area contributed by atoms with E-state index < -0.39 is 12.1 Å². The first-order valence-electron chi connectivity index (χ1n) is 8.40. The second-order valence-corrected chi connectivity index (χ2v) is 6.20. The summed E-state index contributed by atoms with van der Waals surface area (Å²) in [5, 5.41) is 7.78. The maximum absolute atomic E-state index is 13.0. The van der Waals surface area contributed by atoms with E-state index in [0.29, 0.717) is 11.3 Å². The Morgan fingerprint density at radius 2 is 1.78 bits per heavy atom. The molecule has 1 heterocycles. The molecule has 0 saturated carbocycles. The number of carbonyl (C=O) groups is 1. The maximum atomic E-state index is 13.0. The van der Waals surface area contributed by atoms with Gasteiger partial charge in [0.15, 0.2) is 12.7 Å². The van der Waals surface area contributed by atoms with Crippen LogP contribution in [0.3, 0.4) is 0 Å². The molecule has 7 heteroatoms. The zero-order valence-corrected chi connectivity index (χ0v) is 15.2. The molecule has 0 unspecified atom stereocenters. The van der Waals surface area contributed by atoms with Gasteiger partial charge in [0.2, 0.25) is 5.89 Å².